The predicted octanol–water partition coefficient (Wildman–Crippen LogP) is 2.58. The van der Waals surface area contributed by atoms with Gasteiger partial charge in [0.1, 0.15) is 11.4 Å². The Morgan fingerprint density at radius 3 is 2.53 bits per heavy atom. The number of anilines is 1. The summed E-state index contributed by atoms with van der Waals surface area (Å²) < 4.78 is 22.9. The molecule has 0 spiro atoms. The normalized spacial score (nSPS) is 10.9. The minimum absolute atomic E-state index is 0.0136. The summed E-state index contributed by atoms with van der Waals surface area (Å²) in [5.74, 6) is -0.710. The molecule has 0 saturated carbocycles. The van der Waals surface area contributed by atoms with Gasteiger partial charge >= 0.3 is 6.09 Å². The molecule has 1 heterocycles. The second kappa shape index (κ2) is 4.99. The summed E-state index contributed by atoms with van der Waals surface area (Å²) in [6.07, 6.45) is -0.686. The van der Waals surface area contributed by atoms with Crippen LogP contribution >= 0.6 is 0 Å². The first-order valence-corrected chi connectivity index (χ1v) is 5.02. The van der Waals surface area contributed by atoms with E-state index in [1.54, 1.807) is 20.8 Å². The zero-order valence-electron chi connectivity index (χ0n) is 10.2. The maximum absolute atomic E-state index is 13.2. The molecular formula is C11H15FN2O3. The highest BCUT2D eigenvalue weighted by Crippen LogP contribution is 2.17. The van der Waals surface area contributed by atoms with Crippen molar-refractivity contribution in [2.24, 2.45) is 0 Å². The number of hydrogen-bond acceptors (Lipinski definition) is 4. The fourth-order valence-electron chi connectivity index (χ4n) is 1.05. The van der Waals surface area contributed by atoms with E-state index in [9.17, 15) is 9.18 Å². The van der Waals surface area contributed by atoms with E-state index in [1.807, 2.05) is 0 Å². The molecule has 0 atom stereocenters. The van der Waals surface area contributed by atoms with Crippen molar-refractivity contribution in [3.63, 3.8) is 0 Å². The molecule has 1 N–H and O–H groups in total. The summed E-state index contributed by atoms with van der Waals surface area (Å²) in [6, 6.07) is 2.79. The van der Waals surface area contributed by atoms with Gasteiger partial charge in [0.25, 0.3) is 5.95 Å². The number of carbonyl (C=O) groups is 1. The average molecular weight is 242 g/mol. The smallest absolute Gasteiger partial charge is 0.413 e. The molecule has 94 valence electrons. The van der Waals surface area contributed by atoms with Crippen LogP contribution in [0, 0.1) is 5.95 Å². The molecular weight excluding hydrogens is 227 g/mol. The van der Waals surface area contributed by atoms with Gasteiger partial charge in [0.2, 0.25) is 0 Å². The Bertz CT molecular complexity index is 416. The first-order chi connectivity index (χ1) is 7.81. The molecule has 0 bridgehead atoms. The summed E-state index contributed by atoms with van der Waals surface area (Å²) in [4.78, 5) is 14.9. The van der Waals surface area contributed by atoms with Crippen LogP contribution in [0.2, 0.25) is 0 Å². The maximum atomic E-state index is 13.2. The Hall–Kier alpha value is -1.85. The van der Waals surface area contributed by atoms with Crippen molar-refractivity contribution in [1.29, 1.82) is 0 Å². The molecule has 0 aromatic carbocycles. The molecule has 0 radical (unpaired) electrons. The van der Waals surface area contributed by atoms with Crippen molar-refractivity contribution in [2.75, 3.05) is 12.4 Å². The van der Waals surface area contributed by atoms with Gasteiger partial charge in [0, 0.05) is 0 Å². The monoisotopic (exact) mass is 242 g/mol. The maximum Gasteiger partial charge on any atom is 0.413 e. The Morgan fingerprint density at radius 1 is 1.41 bits per heavy atom. The van der Waals surface area contributed by atoms with E-state index < -0.39 is 17.6 Å². The van der Waals surface area contributed by atoms with E-state index in [0.29, 0.717) is 0 Å². The molecule has 1 amide bonds. The van der Waals surface area contributed by atoms with Gasteiger partial charge in [-0.2, -0.15) is 9.37 Å². The lowest BCUT2D eigenvalue weighted by atomic mass is 10.2. The van der Waals surface area contributed by atoms with Crippen LogP contribution < -0.4 is 10.1 Å². The summed E-state index contributed by atoms with van der Waals surface area (Å²) in [7, 11) is 1.33. The number of hydrogen-bond donors (Lipinski definition) is 1. The van der Waals surface area contributed by atoms with Gasteiger partial charge in [0.15, 0.2) is 5.75 Å². The lowest BCUT2D eigenvalue weighted by Crippen LogP contribution is -2.27. The van der Waals surface area contributed by atoms with Gasteiger partial charge in [-0.15, -0.1) is 0 Å². The van der Waals surface area contributed by atoms with Gasteiger partial charge < -0.3 is 9.47 Å². The standard InChI is InChI=1S/C11H15FN2O3/c1-11(2,3)17-10(15)14-8-6-5-7(16-4)9(12)13-8/h5-6H,1-4H3,(H,13,14,15). The molecule has 0 saturated heterocycles. The van der Waals surface area contributed by atoms with Crippen LogP contribution in [0.1, 0.15) is 20.8 Å². The average Bonchev–Trinajstić information content (AvgIpc) is 2.14. The SMILES string of the molecule is COc1ccc(NC(=O)OC(C)(C)C)nc1F. The summed E-state index contributed by atoms with van der Waals surface area (Å²) >= 11 is 0. The lowest BCUT2D eigenvalue weighted by Gasteiger charge is -2.19. The zero-order valence-corrected chi connectivity index (χ0v) is 10.2. The molecule has 17 heavy (non-hydrogen) atoms. The van der Waals surface area contributed by atoms with E-state index in [1.165, 1.54) is 19.2 Å². The van der Waals surface area contributed by atoms with Crippen molar-refractivity contribution in [1.82, 2.24) is 4.98 Å². The minimum Gasteiger partial charge on any atom is -0.492 e. The lowest BCUT2D eigenvalue weighted by molar-refractivity contribution is 0.0635. The number of ether oxygens (including phenoxy) is 2. The zero-order chi connectivity index (χ0) is 13.1. The number of halogens is 1. The van der Waals surface area contributed by atoms with E-state index in [0.717, 1.165) is 0 Å². The van der Waals surface area contributed by atoms with Crippen LogP contribution in [-0.4, -0.2) is 23.8 Å². The third-order valence-corrected chi connectivity index (χ3v) is 1.66. The molecule has 0 unspecified atom stereocenters. The van der Waals surface area contributed by atoms with Crippen LogP contribution in [-0.2, 0) is 4.74 Å². The van der Waals surface area contributed by atoms with E-state index in [4.69, 9.17) is 9.47 Å². The number of rotatable bonds is 2. The van der Waals surface area contributed by atoms with E-state index >= 15 is 0 Å². The van der Waals surface area contributed by atoms with Crippen LogP contribution in [0.25, 0.3) is 0 Å². The van der Waals surface area contributed by atoms with Crippen LogP contribution in [0.3, 0.4) is 0 Å². The predicted molar refractivity (Wildman–Crippen MR) is 60.6 cm³/mol. The molecule has 0 fully saturated rings. The number of amides is 1. The third-order valence-electron chi connectivity index (χ3n) is 1.66. The van der Waals surface area contributed by atoms with E-state index in [2.05, 4.69) is 10.3 Å². The molecule has 1 aromatic rings. The van der Waals surface area contributed by atoms with E-state index in [-0.39, 0.29) is 11.6 Å². The van der Waals surface area contributed by atoms with Gasteiger partial charge in [-0.3, -0.25) is 5.32 Å². The molecule has 1 rings (SSSR count). The second-order valence-corrected chi connectivity index (χ2v) is 4.32. The summed E-state index contributed by atoms with van der Waals surface area (Å²) in [5.41, 5.74) is -0.616. The van der Waals surface area contributed by atoms with Crippen molar-refractivity contribution >= 4 is 11.9 Å². The fourth-order valence-corrected chi connectivity index (χ4v) is 1.05. The van der Waals surface area contributed by atoms with Crippen LogP contribution in [0.15, 0.2) is 12.1 Å². The largest absolute Gasteiger partial charge is 0.492 e. The third kappa shape index (κ3) is 4.26. The van der Waals surface area contributed by atoms with Gasteiger partial charge in [-0.25, -0.2) is 4.79 Å². The number of carbonyl (C=O) groups excluding carboxylic acids is 1. The Balaban J connectivity index is 2.69. The quantitative estimate of drug-likeness (QED) is 0.810. The molecule has 6 heteroatoms. The highest BCUT2D eigenvalue weighted by atomic mass is 19.1. The number of pyridine rings is 1. The highest BCUT2D eigenvalue weighted by molar-refractivity contribution is 5.83. The molecule has 5 nitrogen and oxygen atoms in total. The topological polar surface area (TPSA) is 60.5 Å². The number of methoxy groups -OCH3 is 1. The van der Waals surface area contributed by atoms with Crippen molar-refractivity contribution in [3.8, 4) is 5.75 Å². The molecule has 1 aromatic heterocycles. The van der Waals surface area contributed by atoms with Gasteiger partial charge in [0.05, 0.1) is 7.11 Å². The summed E-state index contributed by atoms with van der Waals surface area (Å²) in [6.45, 7) is 5.19. The van der Waals surface area contributed by atoms with Crippen molar-refractivity contribution in [3.05, 3.63) is 18.1 Å². The van der Waals surface area contributed by atoms with Crippen LogP contribution in [0.5, 0.6) is 5.75 Å². The minimum atomic E-state index is -0.791. The Kier molecular flexibility index (Phi) is 3.88. The van der Waals surface area contributed by atoms with Gasteiger partial charge in [-0.1, -0.05) is 0 Å². The number of nitrogens with one attached hydrogen (secondary N) is 1. The Morgan fingerprint density at radius 2 is 2.06 bits per heavy atom. The summed E-state index contributed by atoms with van der Waals surface area (Å²) in [5, 5.41) is 2.32. The fraction of sp³-hybridized carbons (Fsp3) is 0.455. The van der Waals surface area contributed by atoms with Gasteiger partial charge in [-0.05, 0) is 32.9 Å². The molecule has 0 aliphatic heterocycles. The van der Waals surface area contributed by atoms with Crippen molar-refractivity contribution < 1.29 is 18.7 Å². The second-order valence-electron chi connectivity index (χ2n) is 4.32. The Labute approximate surface area is 98.9 Å². The first kappa shape index (κ1) is 13.2. The van der Waals surface area contributed by atoms with Crippen LogP contribution in [0.4, 0.5) is 15.0 Å². The molecule has 0 aliphatic rings. The number of nitrogens with zero attached hydrogens (tertiary/aromatic N) is 1. The highest BCUT2D eigenvalue weighted by Gasteiger charge is 2.17. The number of aromatic nitrogens is 1. The molecule has 0 aliphatic carbocycles. The van der Waals surface area contributed by atoms with Crippen molar-refractivity contribution in [2.45, 2.75) is 26.4 Å². The first-order valence-electron chi connectivity index (χ1n) is 5.02.